The van der Waals surface area contributed by atoms with E-state index in [2.05, 4.69) is 26.2 Å². The van der Waals surface area contributed by atoms with E-state index in [1.165, 1.54) is 18.2 Å². The molecule has 0 bridgehead atoms. The zero-order chi connectivity index (χ0) is 20.6. The number of carbonyl (C=O) groups is 1. The van der Waals surface area contributed by atoms with Gasteiger partial charge in [-0.3, -0.25) is 9.79 Å². The lowest BCUT2D eigenvalue weighted by atomic mass is 9.96. The summed E-state index contributed by atoms with van der Waals surface area (Å²) in [5, 5.41) is 12.1. The number of halogens is 3. The number of benzene rings is 1. The molecular formula is C19H21BrF2N4O2. The Kier molecular flexibility index (Phi) is 5.67. The number of rotatable bonds is 4. The van der Waals surface area contributed by atoms with Gasteiger partial charge in [0.1, 0.15) is 24.4 Å². The highest BCUT2D eigenvalue weighted by Crippen LogP contribution is 2.32. The van der Waals surface area contributed by atoms with Crippen LogP contribution in [0.2, 0.25) is 0 Å². The molecule has 9 heteroatoms. The summed E-state index contributed by atoms with van der Waals surface area (Å²) in [6.07, 6.45) is 1.35. The second kappa shape index (κ2) is 7.71. The first-order valence-corrected chi connectivity index (χ1v) is 9.56. The number of fused-ring (bicyclic) bond motifs is 1. The van der Waals surface area contributed by atoms with Gasteiger partial charge < -0.3 is 15.3 Å². The highest BCUT2D eigenvalue weighted by Gasteiger charge is 2.39. The number of amides is 1. The molecule has 2 unspecified atom stereocenters. The van der Waals surface area contributed by atoms with E-state index in [9.17, 15) is 13.6 Å². The SMILES string of the molecule is CC1=NC2C(C=C(Br)C(=O)N2C)C(=N[C@H](C)c2cccc(C(F)(F)CO)c2)N1. The molecule has 2 aliphatic heterocycles. The number of alkyl halides is 2. The second-order valence-corrected chi connectivity index (χ2v) is 7.74. The maximum Gasteiger partial charge on any atom is 0.295 e. The van der Waals surface area contributed by atoms with Gasteiger partial charge in [0.05, 0.1) is 16.4 Å². The van der Waals surface area contributed by atoms with E-state index in [1.807, 2.05) is 0 Å². The summed E-state index contributed by atoms with van der Waals surface area (Å²) in [4.78, 5) is 22.9. The monoisotopic (exact) mass is 454 g/mol. The van der Waals surface area contributed by atoms with Crippen LogP contribution in [0.25, 0.3) is 0 Å². The zero-order valence-corrected chi connectivity index (χ0v) is 17.2. The molecule has 0 aromatic heterocycles. The number of hydrogen-bond acceptors (Lipinski definition) is 4. The van der Waals surface area contributed by atoms with Gasteiger partial charge in [-0.2, -0.15) is 8.78 Å². The average Bonchev–Trinajstić information content (AvgIpc) is 2.67. The van der Waals surface area contributed by atoms with Gasteiger partial charge in [0.25, 0.3) is 11.8 Å². The Morgan fingerprint density at radius 2 is 2.18 bits per heavy atom. The summed E-state index contributed by atoms with van der Waals surface area (Å²) in [7, 11) is 1.68. The van der Waals surface area contributed by atoms with Crippen LogP contribution in [0.3, 0.4) is 0 Å². The van der Waals surface area contributed by atoms with Crippen molar-refractivity contribution in [2.45, 2.75) is 32.0 Å². The molecule has 1 aromatic rings. The summed E-state index contributed by atoms with van der Waals surface area (Å²) >= 11 is 3.28. The normalized spacial score (nSPS) is 25.0. The fraction of sp³-hybridized carbons (Fsp3) is 0.421. The minimum absolute atomic E-state index is 0.161. The van der Waals surface area contributed by atoms with Gasteiger partial charge in [-0.1, -0.05) is 24.3 Å². The topological polar surface area (TPSA) is 77.3 Å². The van der Waals surface area contributed by atoms with E-state index in [0.29, 0.717) is 21.7 Å². The van der Waals surface area contributed by atoms with E-state index in [4.69, 9.17) is 10.1 Å². The third-order valence-corrected chi connectivity index (χ3v) is 5.45. The molecule has 3 atom stereocenters. The van der Waals surface area contributed by atoms with E-state index in [-0.39, 0.29) is 17.4 Å². The minimum atomic E-state index is -3.31. The van der Waals surface area contributed by atoms with Crippen LogP contribution < -0.4 is 5.32 Å². The molecule has 0 saturated carbocycles. The average molecular weight is 455 g/mol. The number of nitrogens with one attached hydrogen (secondary N) is 1. The number of nitrogens with zero attached hydrogens (tertiary/aromatic N) is 3. The van der Waals surface area contributed by atoms with Gasteiger partial charge in [-0.25, -0.2) is 4.99 Å². The predicted molar refractivity (Wildman–Crippen MR) is 107 cm³/mol. The van der Waals surface area contributed by atoms with E-state index >= 15 is 0 Å². The summed E-state index contributed by atoms with van der Waals surface area (Å²) in [5.74, 6) is -2.50. The van der Waals surface area contributed by atoms with Crippen molar-refractivity contribution < 1.29 is 18.7 Å². The maximum atomic E-state index is 13.8. The van der Waals surface area contributed by atoms with Gasteiger partial charge in [0.15, 0.2) is 0 Å². The maximum absolute atomic E-state index is 13.8. The van der Waals surface area contributed by atoms with Crippen molar-refractivity contribution in [2.75, 3.05) is 13.7 Å². The van der Waals surface area contributed by atoms with Gasteiger partial charge >= 0.3 is 0 Å². The smallest absolute Gasteiger partial charge is 0.295 e. The van der Waals surface area contributed by atoms with Gasteiger partial charge in [0.2, 0.25) is 0 Å². The van der Waals surface area contributed by atoms with E-state index in [0.717, 1.165) is 0 Å². The van der Waals surface area contributed by atoms with Gasteiger partial charge in [-0.05, 0) is 41.4 Å². The number of aliphatic hydroxyl groups is 1. The molecule has 0 radical (unpaired) electrons. The Hall–Kier alpha value is -2.13. The Bertz CT molecular complexity index is 884. The Morgan fingerprint density at radius 1 is 1.46 bits per heavy atom. The lowest BCUT2D eigenvalue weighted by Crippen LogP contribution is -2.54. The quantitative estimate of drug-likeness (QED) is 0.733. The number of likely N-dealkylation sites (N-methyl/N-ethyl adjacent to an activating group) is 1. The van der Waals surface area contributed by atoms with Crippen LogP contribution in [0.1, 0.15) is 31.0 Å². The third-order valence-electron chi connectivity index (χ3n) is 4.84. The van der Waals surface area contributed by atoms with Crippen molar-refractivity contribution in [2.24, 2.45) is 15.9 Å². The minimum Gasteiger partial charge on any atom is -0.390 e. The molecule has 150 valence electrons. The molecule has 0 spiro atoms. The summed E-state index contributed by atoms with van der Waals surface area (Å²) < 4.78 is 28.1. The van der Waals surface area contributed by atoms with E-state index in [1.54, 1.807) is 37.9 Å². The lowest BCUT2D eigenvalue weighted by molar-refractivity contribution is -0.128. The lowest BCUT2D eigenvalue weighted by Gasteiger charge is -2.38. The van der Waals surface area contributed by atoms with Crippen molar-refractivity contribution >= 4 is 33.5 Å². The molecule has 0 saturated heterocycles. The van der Waals surface area contributed by atoms with Crippen LogP contribution in [0, 0.1) is 5.92 Å². The highest BCUT2D eigenvalue weighted by atomic mass is 79.9. The largest absolute Gasteiger partial charge is 0.390 e. The molecule has 2 heterocycles. The second-order valence-electron chi connectivity index (χ2n) is 6.89. The van der Waals surface area contributed by atoms with Crippen molar-refractivity contribution in [3.05, 3.63) is 46.0 Å². The van der Waals surface area contributed by atoms with Crippen LogP contribution in [-0.2, 0) is 10.7 Å². The molecule has 3 rings (SSSR count). The fourth-order valence-electron chi connectivity index (χ4n) is 3.25. The number of amidine groups is 2. The molecule has 2 N–H and O–H groups in total. The first-order chi connectivity index (χ1) is 13.1. The molecular weight excluding hydrogens is 434 g/mol. The van der Waals surface area contributed by atoms with Crippen LogP contribution in [0.15, 0.2) is 44.8 Å². The molecule has 2 aliphatic rings. The van der Waals surface area contributed by atoms with Crippen LogP contribution in [0.5, 0.6) is 0 Å². The molecule has 1 amide bonds. The van der Waals surface area contributed by atoms with Crippen molar-refractivity contribution in [3.63, 3.8) is 0 Å². The standard InChI is InChI=1S/C19H21BrF2N4O2/c1-10(12-5-4-6-13(7-12)19(21,22)9-27)23-16-14-8-15(20)18(28)26(3)17(14)25-11(2)24-16/h4-8,10,14,17,27H,9H2,1-3H3,(H,23,24,25)/t10-,14?,17?/m1/s1. The number of aliphatic hydroxyl groups excluding tert-OH is 1. The zero-order valence-electron chi connectivity index (χ0n) is 15.7. The first-order valence-electron chi connectivity index (χ1n) is 8.76. The number of aliphatic imine (C=N–C) groups is 2. The fourth-order valence-corrected chi connectivity index (χ4v) is 3.81. The number of hydrogen-bond donors (Lipinski definition) is 2. The Labute approximate surface area is 170 Å². The molecule has 0 aliphatic carbocycles. The van der Waals surface area contributed by atoms with Crippen molar-refractivity contribution in [3.8, 4) is 0 Å². The molecule has 1 aromatic carbocycles. The summed E-state index contributed by atoms with van der Waals surface area (Å²) in [6.45, 7) is 2.33. The summed E-state index contributed by atoms with van der Waals surface area (Å²) in [6, 6.07) is 5.47. The molecule has 0 fully saturated rings. The predicted octanol–water partition coefficient (Wildman–Crippen LogP) is 2.94. The van der Waals surface area contributed by atoms with E-state index < -0.39 is 24.7 Å². The van der Waals surface area contributed by atoms with Crippen molar-refractivity contribution in [1.29, 1.82) is 0 Å². The summed E-state index contributed by atoms with van der Waals surface area (Å²) in [5.41, 5.74) is 0.345. The van der Waals surface area contributed by atoms with Gasteiger partial charge in [0, 0.05) is 12.6 Å². The Balaban J connectivity index is 1.95. The van der Waals surface area contributed by atoms with Crippen LogP contribution in [-0.4, -0.2) is 47.4 Å². The van der Waals surface area contributed by atoms with Crippen LogP contribution in [0.4, 0.5) is 8.78 Å². The Morgan fingerprint density at radius 3 is 2.86 bits per heavy atom. The van der Waals surface area contributed by atoms with Crippen molar-refractivity contribution in [1.82, 2.24) is 10.2 Å². The van der Waals surface area contributed by atoms with Crippen LogP contribution >= 0.6 is 15.9 Å². The van der Waals surface area contributed by atoms with Gasteiger partial charge in [-0.15, -0.1) is 0 Å². The first kappa shape index (κ1) is 20.6. The molecule has 28 heavy (non-hydrogen) atoms. The number of carbonyl (C=O) groups excluding carboxylic acids is 1. The third kappa shape index (κ3) is 3.86. The highest BCUT2D eigenvalue weighted by molar-refractivity contribution is 9.12. The molecule has 6 nitrogen and oxygen atoms in total.